The molecule has 4 rings (SSSR count). The lowest BCUT2D eigenvalue weighted by Crippen LogP contribution is -2.56. The average molecular weight is 297 g/mol. The van der Waals surface area contributed by atoms with Gasteiger partial charge in [0, 0.05) is 12.0 Å². The summed E-state index contributed by atoms with van der Waals surface area (Å²) in [7, 11) is 0. The van der Waals surface area contributed by atoms with Crippen molar-refractivity contribution in [2.45, 2.75) is 77.5 Å². The van der Waals surface area contributed by atoms with E-state index in [0.717, 1.165) is 35.9 Å². The van der Waals surface area contributed by atoms with Gasteiger partial charge in [-0.05, 0) is 61.0 Å². The van der Waals surface area contributed by atoms with Crippen molar-refractivity contribution >= 4 is 18.5 Å². The second-order valence-electron chi connectivity index (χ2n) is 8.18. The van der Waals surface area contributed by atoms with Crippen molar-refractivity contribution in [3.8, 4) is 0 Å². The van der Waals surface area contributed by atoms with E-state index in [1.807, 2.05) is 0 Å². The van der Waals surface area contributed by atoms with Gasteiger partial charge in [-0.2, -0.15) is 0 Å². The van der Waals surface area contributed by atoms with E-state index in [4.69, 9.17) is 16.3 Å². The number of halogens is 1. The lowest BCUT2D eigenvalue weighted by atomic mass is 9.34. The summed E-state index contributed by atoms with van der Waals surface area (Å²) in [5, 5.41) is 0. The van der Waals surface area contributed by atoms with Crippen LogP contribution in [0.3, 0.4) is 0 Å². The number of hydrogen-bond donors (Lipinski definition) is 0. The smallest absolute Gasteiger partial charge is 0.296 e. The molecule has 3 heteroatoms. The largest absolute Gasteiger partial charge is 0.433 e. The maximum atomic E-state index is 6.48. The van der Waals surface area contributed by atoms with Crippen LogP contribution in [0.2, 0.25) is 12.1 Å². The molecule has 4 aliphatic rings. The summed E-state index contributed by atoms with van der Waals surface area (Å²) in [5.74, 6) is 4.36. The van der Waals surface area contributed by atoms with Gasteiger partial charge in [-0.15, -0.1) is 11.6 Å². The second-order valence-corrected chi connectivity index (χ2v) is 8.56. The second kappa shape index (κ2) is 5.84. The van der Waals surface area contributed by atoms with Crippen LogP contribution in [-0.2, 0) is 4.65 Å². The first kappa shape index (κ1) is 15.2. The molecule has 114 valence electrons. The molecule has 1 heterocycles. The Kier molecular flexibility index (Phi) is 4.44. The molecule has 0 radical (unpaired) electrons. The minimum absolute atomic E-state index is 0.492. The summed E-state index contributed by atoms with van der Waals surface area (Å²) in [6, 6.07) is 0. The Bertz CT molecular complexity index is 346. The summed E-state index contributed by atoms with van der Waals surface area (Å²) < 4.78 is 6.48. The molecule has 5 atom stereocenters. The zero-order chi connectivity index (χ0) is 14.3. The molecule has 1 saturated heterocycles. The predicted octanol–water partition coefficient (Wildman–Crippen LogP) is 5.25. The molecule has 3 saturated carbocycles. The van der Waals surface area contributed by atoms with Crippen LogP contribution in [0.1, 0.15) is 59.3 Å². The van der Waals surface area contributed by atoms with Crippen molar-refractivity contribution in [1.29, 1.82) is 0 Å². The van der Waals surface area contributed by atoms with Gasteiger partial charge in [0.1, 0.15) is 0 Å². The summed E-state index contributed by atoms with van der Waals surface area (Å²) >= 11 is 5.83. The quantitative estimate of drug-likeness (QED) is 0.508. The minimum Gasteiger partial charge on any atom is -0.433 e. The maximum Gasteiger partial charge on any atom is 0.296 e. The van der Waals surface area contributed by atoms with Crippen molar-refractivity contribution in [3.05, 3.63) is 0 Å². The number of fused-ring (bicyclic) bond motifs is 2. The maximum absolute atomic E-state index is 6.48. The summed E-state index contributed by atoms with van der Waals surface area (Å²) in [6.45, 7) is 8.02. The van der Waals surface area contributed by atoms with Crippen LogP contribution in [0.5, 0.6) is 0 Å². The fraction of sp³-hybridized carbons (Fsp3) is 1.00. The lowest BCUT2D eigenvalue weighted by Gasteiger charge is -2.63. The zero-order valence-electron chi connectivity index (χ0n) is 13.4. The molecule has 1 aliphatic heterocycles. The van der Waals surface area contributed by atoms with Gasteiger partial charge in [-0.3, -0.25) is 0 Å². The van der Waals surface area contributed by atoms with Crippen molar-refractivity contribution in [3.63, 3.8) is 0 Å². The third kappa shape index (κ3) is 2.56. The Morgan fingerprint density at radius 1 is 1.30 bits per heavy atom. The number of rotatable bonds is 4. The fourth-order valence-corrected chi connectivity index (χ4v) is 5.60. The van der Waals surface area contributed by atoms with Crippen molar-refractivity contribution in [2.75, 3.05) is 5.88 Å². The Morgan fingerprint density at radius 2 is 2.10 bits per heavy atom. The van der Waals surface area contributed by atoms with E-state index in [-0.39, 0.29) is 0 Å². The molecular formula is C17H30BClO. The van der Waals surface area contributed by atoms with Gasteiger partial charge in [0.2, 0.25) is 0 Å². The normalized spacial score (nSPS) is 43.2. The number of alkyl halides is 1. The highest BCUT2D eigenvalue weighted by Crippen LogP contribution is 2.65. The van der Waals surface area contributed by atoms with Gasteiger partial charge in [0.15, 0.2) is 0 Å². The highest BCUT2D eigenvalue weighted by atomic mass is 35.5. The molecule has 4 fully saturated rings. The monoisotopic (exact) mass is 296 g/mol. The van der Waals surface area contributed by atoms with Crippen molar-refractivity contribution in [1.82, 2.24) is 0 Å². The highest BCUT2D eigenvalue weighted by molar-refractivity contribution is 6.54. The molecule has 0 unspecified atom stereocenters. The van der Waals surface area contributed by atoms with Crippen LogP contribution in [0.4, 0.5) is 0 Å². The van der Waals surface area contributed by atoms with Crippen LogP contribution in [0.25, 0.3) is 0 Å². The Morgan fingerprint density at radius 3 is 2.75 bits per heavy atom. The van der Waals surface area contributed by atoms with E-state index in [9.17, 15) is 0 Å². The van der Waals surface area contributed by atoms with Crippen LogP contribution in [0, 0.1) is 23.2 Å². The van der Waals surface area contributed by atoms with Gasteiger partial charge in [-0.1, -0.05) is 33.6 Å². The summed E-state index contributed by atoms with van der Waals surface area (Å²) in [5.41, 5.74) is 0.600. The Labute approximate surface area is 130 Å². The molecule has 0 aromatic rings. The summed E-state index contributed by atoms with van der Waals surface area (Å²) in [6.07, 6.45) is 9.58. The molecule has 0 aromatic carbocycles. The van der Waals surface area contributed by atoms with E-state index in [1.165, 1.54) is 38.4 Å². The predicted molar refractivity (Wildman–Crippen MR) is 87.5 cm³/mol. The SMILES string of the molecule is C[C@@H]1[C@H]2C[C@@H](C[C@H]1B1CCC[C@@H](CCCCl)O1)C2(C)C. The highest BCUT2D eigenvalue weighted by Gasteiger charge is 2.58. The van der Waals surface area contributed by atoms with E-state index in [0.29, 0.717) is 18.4 Å². The van der Waals surface area contributed by atoms with Crippen LogP contribution in [-0.4, -0.2) is 18.9 Å². The molecule has 1 nitrogen and oxygen atoms in total. The third-order valence-electron chi connectivity index (χ3n) is 6.93. The van der Waals surface area contributed by atoms with Crippen LogP contribution in [0.15, 0.2) is 0 Å². The molecule has 20 heavy (non-hydrogen) atoms. The topological polar surface area (TPSA) is 9.23 Å². The first-order valence-corrected chi connectivity index (χ1v) is 9.29. The lowest BCUT2D eigenvalue weighted by molar-refractivity contribution is -0.102. The minimum atomic E-state index is 0.492. The molecule has 2 bridgehead atoms. The van der Waals surface area contributed by atoms with Crippen molar-refractivity contribution < 1.29 is 4.65 Å². The molecule has 0 spiro atoms. The summed E-state index contributed by atoms with van der Waals surface area (Å²) in [4.78, 5) is 0. The zero-order valence-corrected chi connectivity index (χ0v) is 14.2. The Hall–Kier alpha value is 0.315. The van der Waals surface area contributed by atoms with Gasteiger partial charge in [-0.25, -0.2) is 0 Å². The first-order valence-electron chi connectivity index (χ1n) is 8.75. The molecule has 0 amide bonds. The molecule has 0 aromatic heterocycles. The fourth-order valence-electron chi connectivity index (χ4n) is 5.44. The Balaban J connectivity index is 1.59. The average Bonchev–Trinajstić information content (AvgIpc) is 2.45. The van der Waals surface area contributed by atoms with Gasteiger partial charge >= 0.3 is 0 Å². The molecule has 0 N–H and O–H groups in total. The van der Waals surface area contributed by atoms with E-state index in [1.54, 1.807) is 0 Å². The van der Waals surface area contributed by atoms with Crippen LogP contribution < -0.4 is 0 Å². The first-order chi connectivity index (χ1) is 9.54. The van der Waals surface area contributed by atoms with Gasteiger partial charge in [0.25, 0.3) is 6.92 Å². The van der Waals surface area contributed by atoms with Crippen molar-refractivity contribution in [2.24, 2.45) is 23.2 Å². The van der Waals surface area contributed by atoms with E-state index >= 15 is 0 Å². The van der Waals surface area contributed by atoms with Gasteiger partial charge in [0.05, 0.1) is 0 Å². The van der Waals surface area contributed by atoms with Crippen LogP contribution >= 0.6 is 11.6 Å². The molecule has 3 aliphatic carbocycles. The third-order valence-corrected chi connectivity index (χ3v) is 7.20. The number of hydrogen-bond acceptors (Lipinski definition) is 1. The van der Waals surface area contributed by atoms with E-state index < -0.39 is 0 Å². The van der Waals surface area contributed by atoms with E-state index in [2.05, 4.69) is 20.8 Å². The molecular weight excluding hydrogens is 266 g/mol. The van der Waals surface area contributed by atoms with Gasteiger partial charge < -0.3 is 4.65 Å². The standard InChI is InChI=1S/C17H30BClO/c1-12-15-10-13(17(15,2)3)11-16(12)18-8-4-6-14(20-18)7-5-9-19/h12-16H,4-11H2,1-3H3/t12-,13+,14+,15-,16-/m1/s1.